The molecule has 1 spiro atoms. The molecular weight excluding hydrogens is 430 g/mol. The van der Waals surface area contributed by atoms with Gasteiger partial charge in [0.1, 0.15) is 22.8 Å². The van der Waals surface area contributed by atoms with Crippen LogP contribution in [-0.2, 0) is 5.60 Å². The number of para-hydroxylation sites is 1. The van der Waals surface area contributed by atoms with Crippen molar-refractivity contribution in [3.05, 3.63) is 59.3 Å². The number of aromatic nitrogens is 2. The Labute approximate surface area is 200 Å². The molecule has 7 heteroatoms. The van der Waals surface area contributed by atoms with Crippen LogP contribution >= 0.6 is 0 Å². The second-order valence-corrected chi connectivity index (χ2v) is 9.13. The van der Waals surface area contributed by atoms with Crippen LogP contribution < -0.4 is 19.5 Å². The summed E-state index contributed by atoms with van der Waals surface area (Å²) in [6.07, 6.45) is 1.54. The fourth-order valence-corrected chi connectivity index (χ4v) is 5.07. The van der Waals surface area contributed by atoms with E-state index in [0.29, 0.717) is 23.7 Å². The summed E-state index contributed by atoms with van der Waals surface area (Å²) in [5.74, 6) is 1.71. The summed E-state index contributed by atoms with van der Waals surface area (Å²) in [5.41, 5.74) is 3.48. The minimum atomic E-state index is -0.492. The van der Waals surface area contributed by atoms with Gasteiger partial charge in [0.15, 0.2) is 0 Å². The summed E-state index contributed by atoms with van der Waals surface area (Å²) in [4.78, 5) is 14.0. The summed E-state index contributed by atoms with van der Waals surface area (Å²) in [5, 5.41) is 8.20. The van der Waals surface area contributed by atoms with E-state index >= 15 is 0 Å². The average molecular weight is 462 g/mol. The van der Waals surface area contributed by atoms with Crippen molar-refractivity contribution in [3.8, 4) is 28.5 Å². The van der Waals surface area contributed by atoms with Crippen molar-refractivity contribution in [2.75, 3.05) is 19.7 Å². The van der Waals surface area contributed by atoms with Gasteiger partial charge < -0.3 is 19.5 Å². The van der Waals surface area contributed by atoms with Crippen molar-refractivity contribution < 1.29 is 19.0 Å². The maximum atomic E-state index is 14.0. The van der Waals surface area contributed by atoms with E-state index < -0.39 is 5.60 Å². The van der Waals surface area contributed by atoms with E-state index in [1.807, 2.05) is 52.0 Å². The molecule has 34 heavy (non-hydrogen) atoms. The standard InChI is InChI=1S/C27H31N3O4/c1-5-32-19-10-11-21(23(16-19)33-17(2)3)26(31)30-25-20-8-6-7-9-22(20)34-27(12-14-28-15-13-27)24(25)18(4)29-30/h6-11,16-17,28H,5,12-15H2,1-4H3. The molecule has 1 aromatic heterocycles. The largest absolute Gasteiger partial charge is 0.494 e. The zero-order valence-electron chi connectivity index (χ0n) is 20.2. The molecule has 178 valence electrons. The Kier molecular flexibility index (Phi) is 5.81. The van der Waals surface area contributed by atoms with Gasteiger partial charge in [-0.15, -0.1) is 0 Å². The Morgan fingerprint density at radius 1 is 1.21 bits per heavy atom. The fraction of sp³-hybridized carbons (Fsp3) is 0.407. The summed E-state index contributed by atoms with van der Waals surface area (Å²) in [6.45, 7) is 10.0. The van der Waals surface area contributed by atoms with E-state index in [1.165, 1.54) is 0 Å². The molecular formula is C27H31N3O4. The first kappa shape index (κ1) is 22.5. The Bertz CT molecular complexity index is 1220. The van der Waals surface area contributed by atoms with E-state index in [2.05, 4.69) is 5.32 Å². The Hall–Kier alpha value is -3.32. The van der Waals surface area contributed by atoms with E-state index in [0.717, 1.165) is 54.2 Å². The summed E-state index contributed by atoms with van der Waals surface area (Å²) >= 11 is 0. The molecule has 2 aromatic carbocycles. The molecule has 0 aliphatic carbocycles. The summed E-state index contributed by atoms with van der Waals surface area (Å²) < 4.78 is 19.9. The summed E-state index contributed by atoms with van der Waals surface area (Å²) in [7, 11) is 0. The van der Waals surface area contributed by atoms with E-state index in [1.54, 1.807) is 22.9 Å². The molecule has 1 N–H and O–H groups in total. The zero-order chi connectivity index (χ0) is 23.9. The van der Waals surface area contributed by atoms with Gasteiger partial charge in [0.05, 0.1) is 29.7 Å². The minimum Gasteiger partial charge on any atom is -0.494 e. The lowest BCUT2D eigenvalue weighted by Crippen LogP contribution is -2.46. The Morgan fingerprint density at radius 3 is 2.71 bits per heavy atom. The third kappa shape index (κ3) is 3.74. The van der Waals surface area contributed by atoms with E-state index in [-0.39, 0.29) is 12.0 Å². The third-order valence-electron chi connectivity index (χ3n) is 6.42. The van der Waals surface area contributed by atoms with Gasteiger partial charge in [-0.05, 0) is 65.0 Å². The van der Waals surface area contributed by atoms with Gasteiger partial charge in [0.25, 0.3) is 5.91 Å². The van der Waals surface area contributed by atoms with Crippen molar-refractivity contribution in [1.82, 2.24) is 15.1 Å². The number of rotatable bonds is 5. The lowest BCUT2D eigenvalue weighted by atomic mass is 9.80. The van der Waals surface area contributed by atoms with Crippen LogP contribution in [0.3, 0.4) is 0 Å². The molecule has 0 amide bonds. The highest BCUT2D eigenvalue weighted by Gasteiger charge is 2.46. The van der Waals surface area contributed by atoms with Crippen LogP contribution in [0.4, 0.5) is 0 Å². The molecule has 5 rings (SSSR count). The Morgan fingerprint density at radius 2 is 1.97 bits per heavy atom. The number of benzene rings is 2. The molecule has 2 aliphatic heterocycles. The molecule has 0 radical (unpaired) electrons. The fourth-order valence-electron chi connectivity index (χ4n) is 5.07. The molecule has 2 aliphatic rings. The first-order valence-corrected chi connectivity index (χ1v) is 12.0. The van der Waals surface area contributed by atoms with Crippen LogP contribution in [0.1, 0.15) is 55.2 Å². The first-order chi connectivity index (χ1) is 16.4. The molecule has 7 nitrogen and oxygen atoms in total. The van der Waals surface area contributed by atoms with E-state index in [9.17, 15) is 4.79 Å². The third-order valence-corrected chi connectivity index (χ3v) is 6.42. The maximum absolute atomic E-state index is 14.0. The number of nitrogens with zero attached hydrogens (tertiary/aromatic N) is 2. The van der Waals surface area contributed by atoms with Gasteiger partial charge in [-0.3, -0.25) is 4.79 Å². The summed E-state index contributed by atoms with van der Waals surface area (Å²) in [6, 6.07) is 13.3. The second-order valence-electron chi connectivity index (χ2n) is 9.13. The van der Waals surface area contributed by atoms with Gasteiger partial charge in [-0.1, -0.05) is 12.1 Å². The number of hydrogen-bond acceptors (Lipinski definition) is 6. The molecule has 3 aromatic rings. The second kappa shape index (κ2) is 8.80. The number of piperidine rings is 1. The number of carbonyl (C=O) groups is 1. The zero-order valence-corrected chi connectivity index (χ0v) is 20.2. The predicted octanol–water partition coefficient (Wildman–Crippen LogP) is 4.70. The van der Waals surface area contributed by atoms with Crippen molar-refractivity contribution in [2.45, 2.75) is 52.2 Å². The lowest BCUT2D eigenvalue weighted by molar-refractivity contribution is 0.0301. The van der Waals surface area contributed by atoms with Gasteiger partial charge in [0, 0.05) is 30.0 Å². The lowest BCUT2D eigenvalue weighted by Gasteiger charge is -2.42. The minimum absolute atomic E-state index is 0.0937. The smallest absolute Gasteiger partial charge is 0.282 e. The van der Waals surface area contributed by atoms with Crippen LogP contribution in [0.25, 0.3) is 11.3 Å². The number of hydrogen-bond donors (Lipinski definition) is 1. The number of nitrogens with one attached hydrogen (secondary N) is 1. The van der Waals surface area contributed by atoms with Gasteiger partial charge in [-0.25, -0.2) is 0 Å². The highest BCUT2D eigenvalue weighted by molar-refractivity contribution is 6.01. The van der Waals surface area contributed by atoms with Crippen LogP contribution in [0.15, 0.2) is 42.5 Å². The highest BCUT2D eigenvalue weighted by atomic mass is 16.5. The van der Waals surface area contributed by atoms with Crippen molar-refractivity contribution in [3.63, 3.8) is 0 Å². The topological polar surface area (TPSA) is 74.6 Å². The van der Waals surface area contributed by atoms with Gasteiger partial charge in [0.2, 0.25) is 0 Å². The van der Waals surface area contributed by atoms with Crippen molar-refractivity contribution >= 4 is 5.91 Å². The van der Waals surface area contributed by atoms with Crippen LogP contribution in [0, 0.1) is 6.92 Å². The molecule has 1 saturated heterocycles. The predicted molar refractivity (Wildman–Crippen MR) is 130 cm³/mol. The molecule has 0 atom stereocenters. The maximum Gasteiger partial charge on any atom is 0.282 e. The SMILES string of the molecule is CCOc1ccc(C(=O)n2nc(C)c3c2-c2ccccc2OC32CCNCC2)c(OC(C)C)c1. The quantitative estimate of drug-likeness (QED) is 0.594. The average Bonchev–Trinajstić information content (AvgIpc) is 3.18. The number of fused-ring (bicyclic) bond motifs is 4. The number of ether oxygens (including phenoxy) is 3. The van der Waals surface area contributed by atoms with Crippen LogP contribution in [-0.4, -0.2) is 41.5 Å². The first-order valence-electron chi connectivity index (χ1n) is 12.0. The van der Waals surface area contributed by atoms with Crippen LogP contribution in [0.5, 0.6) is 17.2 Å². The normalized spacial score (nSPS) is 16.0. The monoisotopic (exact) mass is 461 g/mol. The molecule has 0 bridgehead atoms. The van der Waals surface area contributed by atoms with Crippen molar-refractivity contribution in [1.29, 1.82) is 0 Å². The number of carbonyl (C=O) groups excluding carboxylic acids is 1. The van der Waals surface area contributed by atoms with Crippen molar-refractivity contribution in [2.24, 2.45) is 0 Å². The Balaban J connectivity index is 1.68. The molecule has 0 saturated carbocycles. The van der Waals surface area contributed by atoms with E-state index in [4.69, 9.17) is 19.3 Å². The molecule has 1 fully saturated rings. The van der Waals surface area contributed by atoms with Gasteiger partial charge in [-0.2, -0.15) is 9.78 Å². The molecule has 0 unspecified atom stereocenters. The number of aryl methyl sites for hydroxylation is 1. The molecule has 3 heterocycles. The van der Waals surface area contributed by atoms with Gasteiger partial charge >= 0.3 is 0 Å². The highest BCUT2D eigenvalue weighted by Crippen LogP contribution is 2.50. The van der Waals surface area contributed by atoms with Crippen LogP contribution in [0.2, 0.25) is 0 Å².